The van der Waals surface area contributed by atoms with Gasteiger partial charge in [-0.15, -0.1) is 0 Å². The van der Waals surface area contributed by atoms with Gasteiger partial charge in [0.25, 0.3) is 0 Å². The molecule has 2 unspecified atom stereocenters. The molecular formula is C33H35Br. The number of hydrogen-bond donors (Lipinski definition) is 0. The van der Waals surface area contributed by atoms with Crippen molar-refractivity contribution in [3.8, 4) is 0 Å². The number of hydrogen-bond acceptors (Lipinski definition) is 0. The van der Waals surface area contributed by atoms with Crippen molar-refractivity contribution in [2.24, 2.45) is 5.92 Å². The minimum atomic E-state index is -0.251. The second-order valence-corrected chi connectivity index (χ2v) is 11.2. The molecule has 3 aromatic carbocycles. The fourth-order valence-corrected chi connectivity index (χ4v) is 6.47. The molecule has 0 fully saturated rings. The quantitative estimate of drug-likeness (QED) is 0.277. The molecule has 2 aliphatic carbocycles. The SMILES string of the molecule is CCCCCCc1cccc(C2(c3cccc(C)c3)C3=C(C=CC(C)C3)c3ccc(Br)cc32)c1. The highest BCUT2D eigenvalue weighted by Crippen LogP contribution is 2.58. The number of fused-ring (bicyclic) bond motifs is 2. The minimum Gasteiger partial charge on any atom is -0.0808 e. The van der Waals surface area contributed by atoms with Gasteiger partial charge in [-0.1, -0.05) is 121 Å². The Kier molecular flexibility index (Phi) is 6.67. The molecule has 0 bridgehead atoms. The monoisotopic (exact) mass is 510 g/mol. The maximum Gasteiger partial charge on any atom is 0.0677 e. The zero-order chi connectivity index (χ0) is 23.7. The van der Waals surface area contributed by atoms with Crippen LogP contribution < -0.4 is 0 Å². The first-order valence-corrected chi connectivity index (χ1v) is 13.7. The molecule has 0 N–H and O–H groups in total. The van der Waals surface area contributed by atoms with Crippen LogP contribution in [0.25, 0.3) is 5.57 Å². The lowest BCUT2D eigenvalue weighted by Gasteiger charge is -2.38. The van der Waals surface area contributed by atoms with Crippen LogP contribution in [0.5, 0.6) is 0 Å². The van der Waals surface area contributed by atoms with Gasteiger partial charge in [0.1, 0.15) is 0 Å². The average molecular weight is 512 g/mol. The topological polar surface area (TPSA) is 0 Å². The second kappa shape index (κ2) is 9.70. The van der Waals surface area contributed by atoms with E-state index in [1.165, 1.54) is 64.6 Å². The lowest BCUT2D eigenvalue weighted by Crippen LogP contribution is -2.31. The van der Waals surface area contributed by atoms with Gasteiger partial charge < -0.3 is 0 Å². The number of halogens is 1. The number of aryl methyl sites for hydroxylation is 2. The first-order chi connectivity index (χ1) is 16.5. The summed E-state index contributed by atoms with van der Waals surface area (Å²) in [5, 5.41) is 0. The van der Waals surface area contributed by atoms with Gasteiger partial charge in [-0.25, -0.2) is 0 Å². The summed E-state index contributed by atoms with van der Waals surface area (Å²) in [6.45, 7) is 6.86. The van der Waals surface area contributed by atoms with Gasteiger partial charge >= 0.3 is 0 Å². The molecule has 2 aliphatic rings. The molecular weight excluding hydrogens is 476 g/mol. The molecule has 0 heterocycles. The predicted molar refractivity (Wildman–Crippen MR) is 149 cm³/mol. The first kappa shape index (κ1) is 23.4. The van der Waals surface area contributed by atoms with Gasteiger partial charge in [0.15, 0.2) is 0 Å². The first-order valence-electron chi connectivity index (χ1n) is 12.9. The van der Waals surface area contributed by atoms with Crippen LogP contribution in [0.3, 0.4) is 0 Å². The molecule has 5 rings (SSSR count). The molecule has 0 amide bonds. The van der Waals surface area contributed by atoms with Gasteiger partial charge in [-0.2, -0.15) is 0 Å². The van der Waals surface area contributed by atoms with Crippen LogP contribution in [-0.2, 0) is 11.8 Å². The van der Waals surface area contributed by atoms with E-state index in [-0.39, 0.29) is 5.41 Å². The van der Waals surface area contributed by atoms with E-state index < -0.39 is 0 Å². The van der Waals surface area contributed by atoms with Crippen LogP contribution in [0.4, 0.5) is 0 Å². The third-order valence-electron chi connectivity index (χ3n) is 7.70. The van der Waals surface area contributed by atoms with Crippen molar-refractivity contribution in [2.45, 2.75) is 64.7 Å². The Labute approximate surface area is 213 Å². The lowest BCUT2D eigenvalue weighted by atomic mass is 9.64. The number of allylic oxidation sites excluding steroid dienone is 4. The Morgan fingerprint density at radius 3 is 2.50 bits per heavy atom. The fraction of sp³-hybridized carbons (Fsp3) is 0.333. The summed E-state index contributed by atoms with van der Waals surface area (Å²) in [5.41, 5.74) is 11.1. The fourth-order valence-electron chi connectivity index (χ4n) is 6.11. The summed E-state index contributed by atoms with van der Waals surface area (Å²) in [6, 6.07) is 25.6. The Morgan fingerprint density at radius 1 is 0.912 bits per heavy atom. The van der Waals surface area contributed by atoms with Gasteiger partial charge in [0, 0.05) is 4.47 Å². The van der Waals surface area contributed by atoms with Crippen LogP contribution in [0.15, 0.2) is 88.9 Å². The number of unbranched alkanes of at least 4 members (excludes halogenated alkanes) is 3. The van der Waals surface area contributed by atoms with Crippen molar-refractivity contribution in [2.75, 3.05) is 0 Å². The van der Waals surface area contributed by atoms with E-state index in [0.29, 0.717) is 5.92 Å². The van der Waals surface area contributed by atoms with Crippen molar-refractivity contribution in [1.29, 1.82) is 0 Å². The molecule has 0 radical (unpaired) electrons. The van der Waals surface area contributed by atoms with E-state index in [0.717, 1.165) is 17.3 Å². The van der Waals surface area contributed by atoms with Crippen molar-refractivity contribution >= 4 is 21.5 Å². The summed E-state index contributed by atoms with van der Waals surface area (Å²) >= 11 is 3.81. The Bertz CT molecular complexity index is 1260. The second-order valence-electron chi connectivity index (χ2n) is 10.3. The third-order valence-corrected chi connectivity index (χ3v) is 8.19. The Hall–Kier alpha value is -2.38. The van der Waals surface area contributed by atoms with E-state index in [1.807, 2.05) is 0 Å². The van der Waals surface area contributed by atoms with Crippen LogP contribution in [0.2, 0.25) is 0 Å². The van der Waals surface area contributed by atoms with Gasteiger partial charge in [0.2, 0.25) is 0 Å². The molecule has 0 aromatic heterocycles. The Morgan fingerprint density at radius 2 is 1.71 bits per heavy atom. The molecule has 3 aromatic rings. The van der Waals surface area contributed by atoms with Gasteiger partial charge in [-0.3, -0.25) is 0 Å². The van der Waals surface area contributed by atoms with Crippen molar-refractivity contribution in [3.63, 3.8) is 0 Å². The highest BCUT2D eigenvalue weighted by Gasteiger charge is 2.48. The molecule has 0 saturated heterocycles. The smallest absolute Gasteiger partial charge is 0.0677 e. The maximum atomic E-state index is 3.81. The van der Waals surface area contributed by atoms with E-state index in [9.17, 15) is 0 Å². The molecule has 0 aliphatic heterocycles. The summed E-state index contributed by atoms with van der Waals surface area (Å²) in [7, 11) is 0. The maximum absolute atomic E-state index is 3.81. The van der Waals surface area contributed by atoms with Crippen LogP contribution in [0, 0.1) is 12.8 Å². The average Bonchev–Trinajstić information content (AvgIpc) is 3.11. The standard InChI is InChI=1S/C33H35Br/c1-4-5-6-7-11-25-12-9-14-27(21-25)33(26-13-8-10-23(2)19-26)31-20-24(3)15-17-29(31)30-18-16-28(34)22-32(30)33/h8-10,12-19,21-22,24H,4-7,11,20H2,1-3H3. The molecule has 0 saturated carbocycles. The van der Waals surface area contributed by atoms with Crippen LogP contribution >= 0.6 is 15.9 Å². The van der Waals surface area contributed by atoms with E-state index >= 15 is 0 Å². The molecule has 0 spiro atoms. The van der Waals surface area contributed by atoms with Crippen molar-refractivity contribution < 1.29 is 0 Å². The predicted octanol–water partition coefficient (Wildman–Crippen LogP) is 9.58. The summed E-state index contributed by atoms with van der Waals surface area (Å²) in [6.07, 6.45) is 12.2. The van der Waals surface area contributed by atoms with Crippen molar-refractivity contribution in [3.05, 3.63) is 122 Å². The van der Waals surface area contributed by atoms with Gasteiger partial charge in [-0.05, 0) is 83.2 Å². The van der Waals surface area contributed by atoms with Crippen LogP contribution in [0.1, 0.15) is 79.3 Å². The van der Waals surface area contributed by atoms with Gasteiger partial charge in [0.05, 0.1) is 5.41 Å². The zero-order valence-corrected chi connectivity index (χ0v) is 22.3. The largest absolute Gasteiger partial charge is 0.0808 e. The minimum absolute atomic E-state index is 0.251. The summed E-state index contributed by atoms with van der Waals surface area (Å²) in [5.74, 6) is 0.540. The molecule has 0 nitrogen and oxygen atoms in total. The van der Waals surface area contributed by atoms with Crippen molar-refractivity contribution in [1.82, 2.24) is 0 Å². The zero-order valence-electron chi connectivity index (χ0n) is 20.7. The van der Waals surface area contributed by atoms with E-state index in [2.05, 4.69) is 116 Å². The normalized spacial score (nSPS) is 21.0. The third kappa shape index (κ3) is 4.03. The molecule has 2 atom stereocenters. The number of rotatable bonds is 7. The molecule has 1 heteroatoms. The number of benzene rings is 3. The highest BCUT2D eigenvalue weighted by atomic mass is 79.9. The lowest BCUT2D eigenvalue weighted by molar-refractivity contribution is 0.620. The van der Waals surface area contributed by atoms with E-state index in [1.54, 1.807) is 5.57 Å². The Balaban J connectivity index is 1.76. The summed E-state index contributed by atoms with van der Waals surface area (Å²) < 4.78 is 1.15. The summed E-state index contributed by atoms with van der Waals surface area (Å²) in [4.78, 5) is 0. The molecule has 34 heavy (non-hydrogen) atoms. The highest BCUT2D eigenvalue weighted by molar-refractivity contribution is 9.10. The van der Waals surface area contributed by atoms with Crippen LogP contribution in [-0.4, -0.2) is 0 Å². The molecule has 174 valence electrons. The van der Waals surface area contributed by atoms with E-state index in [4.69, 9.17) is 0 Å².